The lowest BCUT2D eigenvalue weighted by molar-refractivity contribution is 0.0975. The summed E-state index contributed by atoms with van der Waals surface area (Å²) >= 11 is 1.68. The van der Waals surface area contributed by atoms with Crippen LogP contribution in [0.3, 0.4) is 0 Å². The Kier molecular flexibility index (Phi) is 6.06. The van der Waals surface area contributed by atoms with E-state index < -0.39 is 6.10 Å². The van der Waals surface area contributed by atoms with Gasteiger partial charge in [-0.25, -0.2) is 4.98 Å². The molecule has 2 atom stereocenters. The minimum Gasteiger partial charge on any atom is -0.386 e. The fourth-order valence-corrected chi connectivity index (χ4v) is 6.61. The number of aromatic nitrogens is 4. The Labute approximate surface area is 203 Å². The highest BCUT2D eigenvalue weighted by Gasteiger charge is 2.32. The van der Waals surface area contributed by atoms with Crippen LogP contribution >= 0.6 is 11.3 Å². The number of fused-ring (bicyclic) bond motifs is 2. The van der Waals surface area contributed by atoms with E-state index in [-0.39, 0.29) is 5.92 Å². The summed E-state index contributed by atoms with van der Waals surface area (Å²) in [6.45, 7) is 6.89. The largest absolute Gasteiger partial charge is 0.386 e. The van der Waals surface area contributed by atoms with Crippen molar-refractivity contribution >= 4 is 33.7 Å². The van der Waals surface area contributed by atoms with Gasteiger partial charge in [0.15, 0.2) is 5.82 Å². The molecule has 1 aromatic carbocycles. The second kappa shape index (κ2) is 9.33. The summed E-state index contributed by atoms with van der Waals surface area (Å²) in [5.74, 6) is 0.979. The first-order valence-corrected chi connectivity index (χ1v) is 13.0. The van der Waals surface area contributed by atoms with E-state index in [0.717, 1.165) is 99.2 Å². The van der Waals surface area contributed by atoms with Crippen molar-refractivity contribution in [1.82, 2.24) is 25.3 Å². The fourth-order valence-electron chi connectivity index (χ4n) is 5.34. The van der Waals surface area contributed by atoms with E-state index in [0.29, 0.717) is 0 Å². The Morgan fingerprint density at radius 3 is 2.88 bits per heavy atom. The number of anilines is 2. The number of likely N-dealkylation sites (N-methyl/N-ethyl adjacent to an activating group) is 1. The predicted octanol–water partition coefficient (Wildman–Crippen LogP) is 2.26. The number of benzene rings is 1. The van der Waals surface area contributed by atoms with Crippen LogP contribution in [0.1, 0.15) is 34.5 Å². The SMILES string of the molecule is CN1CCc2nc([C@H](O)[C@H]3CCCN(c4nnnc5cc(N6CCOCC6)ccc45)C3)sc2C1. The van der Waals surface area contributed by atoms with Gasteiger partial charge in [-0.3, -0.25) is 0 Å². The molecule has 0 unspecified atom stereocenters. The zero-order valence-corrected chi connectivity index (χ0v) is 20.4. The van der Waals surface area contributed by atoms with Gasteiger partial charge in [-0.1, -0.05) is 0 Å². The molecule has 3 aliphatic heterocycles. The Bertz CT molecular complexity index is 1170. The number of aliphatic hydroxyl groups excluding tert-OH is 1. The molecule has 2 aromatic heterocycles. The summed E-state index contributed by atoms with van der Waals surface area (Å²) < 4.78 is 5.48. The van der Waals surface area contributed by atoms with Crippen LogP contribution in [0.15, 0.2) is 18.2 Å². The number of nitrogens with zero attached hydrogens (tertiary/aromatic N) is 7. The van der Waals surface area contributed by atoms with Crippen LogP contribution in [-0.2, 0) is 17.7 Å². The molecule has 6 rings (SSSR count). The van der Waals surface area contributed by atoms with E-state index >= 15 is 0 Å². The van der Waals surface area contributed by atoms with Crippen LogP contribution in [0.4, 0.5) is 11.5 Å². The summed E-state index contributed by atoms with van der Waals surface area (Å²) in [6, 6.07) is 6.36. The van der Waals surface area contributed by atoms with Gasteiger partial charge in [0.05, 0.1) is 18.9 Å². The summed E-state index contributed by atoms with van der Waals surface area (Å²) in [5, 5.41) is 26.0. The van der Waals surface area contributed by atoms with Crippen LogP contribution in [0.25, 0.3) is 10.9 Å². The second-order valence-electron chi connectivity index (χ2n) is 9.62. The first kappa shape index (κ1) is 22.1. The average Bonchev–Trinajstić information content (AvgIpc) is 3.31. The highest BCUT2D eigenvalue weighted by atomic mass is 32.1. The third-order valence-electron chi connectivity index (χ3n) is 7.29. The van der Waals surface area contributed by atoms with Crippen LogP contribution in [0, 0.1) is 5.92 Å². The van der Waals surface area contributed by atoms with Crippen molar-refractivity contribution in [3.8, 4) is 0 Å². The number of rotatable bonds is 4. The van der Waals surface area contributed by atoms with Crippen molar-refractivity contribution in [2.24, 2.45) is 5.92 Å². The maximum atomic E-state index is 11.3. The average molecular weight is 482 g/mol. The van der Waals surface area contributed by atoms with Gasteiger partial charge in [0.2, 0.25) is 0 Å². The maximum absolute atomic E-state index is 11.3. The van der Waals surface area contributed by atoms with E-state index in [4.69, 9.17) is 9.72 Å². The number of thiazole rings is 1. The number of hydrogen-bond acceptors (Lipinski definition) is 10. The highest BCUT2D eigenvalue weighted by molar-refractivity contribution is 7.11. The maximum Gasteiger partial charge on any atom is 0.162 e. The van der Waals surface area contributed by atoms with Gasteiger partial charge in [-0.2, -0.15) is 0 Å². The van der Waals surface area contributed by atoms with E-state index in [1.54, 1.807) is 11.3 Å². The topological polar surface area (TPSA) is 90.7 Å². The first-order chi connectivity index (χ1) is 16.7. The highest BCUT2D eigenvalue weighted by Crippen LogP contribution is 2.37. The minimum atomic E-state index is -0.544. The number of ether oxygens (including phenoxy) is 1. The van der Waals surface area contributed by atoms with Crippen LogP contribution in [-0.4, -0.2) is 83.4 Å². The molecule has 2 saturated heterocycles. The van der Waals surface area contributed by atoms with Gasteiger partial charge in [0, 0.05) is 67.6 Å². The third-order valence-corrected chi connectivity index (χ3v) is 8.44. The molecule has 180 valence electrons. The number of aliphatic hydroxyl groups is 1. The fraction of sp³-hybridized carbons (Fsp3) is 0.583. The molecule has 0 aliphatic carbocycles. The molecule has 0 spiro atoms. The van der Waals surface area contributed by atoms with Crippen molar-refractivity contribution < 1.29 is 9.84 Å². The van der Waals surface area contributed by atoms with Crippen LogP contribution in [0.2, 0.25) is 0 Å². The molecule has 3 aromatic rings. The molecule has 0 radical (unpaired) electrons. The summed E-state index contributed by atoms with van der Waals surface area (Å²) in [5.41, 5.74) is 3.17. The number of piperidine rings is 1. The van der Waals surface area contributed by atoms with Crippen LogP contribution < -0.4 is 9.80 Å². The van der Waals surface area contributed by atoms with E-state index in [1.165, 1.54) is 10.6 Å². The molecule has 5 heterocycles. The number of morpholine rings is 1. The minimum absolute atomic E-state index is 0.122. The summed E-state index contributed by atoms with van der Waals surface area (Å²) in [6.07, 6.45) is 2.42. The summed E-state index contributed by atoms with van der Waals surface area (Å²) in [7, 11) is 2.14. The third kappa shape index (κ3) is 4.24. The number of hydrogen-bond donors (Lipinski definition) is 1. The van der Waals surface area contributed by atoms with Crippen LogP contribution in [0.5, 0.6) is 0 Å². The zero-order valence-electron chi connectivity index (χ0n) is 19.6. The molecule has 34 heavy (non-hydrogen) atoms. The smallest absolute Gasteiger partial charge is 0.162 e. The molecule has 2 fully saturated rings. The predicted molar refractivity (Wildman–Crippen MR) is 132 cm³/mol. The monoisotopic (exact) mass is 481 g/mol. The van der Waals surface area contributed by atoms with Gasteiger partial charge < -0.3 is 24.5 Å². The molecule has 1 N–H and O–H groups in total. The van der Waals surface area contributed by atoms with Crippen molar-refractivity contribution in [2.45, 2.75) is 31.9 Å². The molecule has 0 amide bonds. The molecular formula is C24H31N7O2S. The van der Waals surface area contributed by atoms with Gasteiger partial charge in [-0.15, -0.1) is 21.5 Å². The quantitative estimate of drug-likeness (QED) is 0.602. The Hall–Kier alpha value is -2.40. The van der Waals surface area contributed by atoms with E-state index in [2.05, 4.69) is 55.4 Å². The normalized spacial score (nSPS) is 22.7. The lowest BCUT2D eigenvalue weighted by atomic mass is 9.92. The van der Waals surface area contributed by atoms with E-state index in [1.807, 2.05) is 0 Å². The lowest BCUT2D eigenvalue weighted by Crippen LogP contribution is -2.38. The van der Waals surface area contributed by atoms with Crippen molar-refractivity contribution in [2.75, 3.05) is 62.8 Å². The molecule has 9 nitrogen and oxygen atoms in total. The second-order valence-corrected chi connectivity index (χ2v) is 10.7. The standard InChI is InChI=1S/C24H31N7O2S/c1-29-8-6-19-21(15-29)34-24(25-19)22(32)16-3-2-7-31(14-16)23-18-5-4-17(13-20(18)26-28-27-23)30-9-11-33-12-10-30/h4-5,13,16,22,32H,2-3,6-12,14-15H2,1H3/t16-,22+/m0/s1. The van der Waals surface area contributed by atoms with Crippen molar-refractivity contribution in [3.63, 3.8) is 0 Å². The van der Waals surface area contributed by atoms with Crippen molar-refractivity contribution in [3.05, 3.63) is 33.8 Å². The van der Waals surface area contributed by atoms with Gasteiger partial charge in [0.25, 0.3) is 0 Å². The Morgan fingerprint density at radius 2 is 2.00 bits per heavy atom. The molecule has 0 saturated carbocycles. The zero-order chi connectivity index (χ0) is 23.1. The Morgan fingerprint density at radius 1 is 1.12 bits per heavy atom. The summed E-state index contributed by atoms with van der Waals surface area (Å²) in [4.78, 5) is 13.0. The van der Waals surface area contributed by atoms with E-state index in [9.17, 15) is 5.11 Å². The lowest BCUT2D eigenvalue weighted by Gasteiger charge is -2.35. The van der Waals surface area contributed by atoms with Gasteiger partial charge in [0.1, 0.15) is 16.6 Å². The molecule has 3 aliphatic rings. The van der Waals surface area contributed by atoms with Gasteiger partial charge >= 0.3 is 0 Å². The van der Waals surface area contributed by atoms with Gasteiger partial charge in [-0.05, 0) is 43.3 Å². The molecule has 10 heteroatoms. The molecular weight excluding hydrogens is 450 g/mol. The van der Waals surface area contributed by atoms with Crippen molar-refractivity contribution in [1.29, 1.82) is 0 Å². The molecule has 0 bridgehead atoms. The first-order valence-electron chi connectivity index (χ1n) is 12.2. The Balaban J connectivity index is 1.22.